The average Bonchev–Trinajstić information content (AvgIpc) is 2.29. The van der Waals surface area contributed by atoms with Crippen LogP contribution in [0.5, 0.6) is 0 Å². The molecule has 98 valence electrons. The van der Waals surface area contributed by atoms with Crippen LogP contribution in [-0.4, -0.2) is 22.4 Å². The summed E-state index contributed by atoms with van der Waals surface area (Å²) < 4.78 is 0. The first-order valence-corrected chi connectivity index (χ1v) is 6.96. The lowest BCUT2D eigenvalue weighted by Gasteiger charge is -2.48. The Kier molecular flexibility index (Phi) is 3.65. The fourth-order valence-electron chi connectivity index (χ4n) is 3.89. The van der Waals surface area contributed by atoms with Crippen molar-refractivity contribution in [3.05, 3.63) is 11.6 Å². The summed E-state index contributed by atoms with van der Waals surface area (Å²) in [6.45, 7) is 6.21. The number of rotatable bonds is 2. The largest absolute Gasteiger partial charge is 0.393 e. The lowest BCUT2D eigenvalue weighted by molar-refractivity contribution is -0.0896. The maximum Gasteiger partial charge on any atom is 0.0883 e. The quantitative estimate of drug-likeness (QED) is 0.726. The highest BCUT2D eigenvalue weighted by Gasteiger charge is 2.45. The number of hydrogen-bond donors (Lipinski definition) is 2. The Hall–Kier alpha value is -0.340. The molecule has 2 rings (SSSR count). The molecule has 1 unspecified atom stereocenters. The van der Waals surface area contributed by atoms with Gasteiger partial charge in [0.1, 0.15) is 0 Å². The second-order valence-electron chi connectivity index (χ2n) is 6.47. The maximum atomic E-state index is 10.4. The summed E-state index contributed by atoms with van der Waals surface area (Å²) in [6.07, 6.45) is 7.07. The van der Waals surface area contributed by atoms with E-state index in [0.717, 1.165) is 12.3 Å². The first kappa shape index (κ1) is 13.1. The van der Waals surface area contributed by atoms with Crippen molar-refractivity contribution in [2.45, 2.75) is 52.1 Å². The molecule has 0 amide bonds. The van der Waals surface area contributed by atoms with Crippen LogP contribution in [0.1, 0.15) is 46.5 Å². The standard InChI is InChI=1S/C15H26O2/c1-10-4-6-12-11(2)5-7-14(13(12)8-10)15(3,17)9-16/h8,11-14,16-17H,4-7,9H2,1-3H3/t11-,12+,13+,14+,15?/m1/s1. The molecule has 0 saturated heterocycles. The minimum atomic E-state index is -0.919. The Labute approximate surface area is 105 Å². The molecule has 2 aliphatic rings. The van der Waals surface area contributed by atoms with E-state index in [1.165, 1.54) is 24.8 Å². The normalized spacial score (nSPS) is 41.4. The molecule has 0 aromatic rings. The van der Waals surface area contributed by atoms with Crippen LogP contribution in [-0.2, 0) is 0 Å². The topological polar surface area (TPSA) is 40.5 Å². The number of fused-ring (bicyclic) bond motifs is 1. The first-order valence-electron chi connectivity index (χ1n) is 6.96. The van der Waals surface area contributed by atoms with Gasteiger partial charge in [0.05, 0.1) is 12.2 Å². The minimum Gasteiger partial charge on any atom is -0.393 e. The van der Waals surface area contributed by atoms with E-state index in [1.54, 1.807) is 6.92 Å². The molecule has 2 nitrogen and oxygen atoms in total. The predicted molar refractivity (Wildman–Crippen MR) is 69.6 cm³/mol. The zero-order valence-electron chi connectivity index (χ0n) is 11.3. The van der Waals surface area contributed by atoms with Crippen LogP contribution in [0.25, 0.3) is 0 Å². The molecule has 0 aromatic carbocycles. The Bertz CT molecular complexity index is 306. The molecule has 2 heteroatoms. The zero-order chi connectivity index (χ0) is 12.6. The van der Waals surface area contributed by atoms with Crippen LogP contribution in [0.2, 0.25) is 0 Å². The fraction of sp³-hybridized carbons (Fsp3) is 0.867. The van der Waals surface area contributed by atoms with Crippen LogP contribution >= 0.6 is 0 Å². The van der Waals surface area contributed by atoms with E-state index >= 15 is 0 Å². The molecule has 1 fully saturated rings. The van der Waals surface area contributed by atoms with Crippen molar-refractivity contribution < 1.29 is 10.2 Å². The van der Waals surface area contributed by atoms with E-state index in [-0.39, 0.29) is 12.5 Å². The SMILES string of the molecule is CC1=C[C@H]2[C@@H](CC1)[C@H](C)CC[C@@H]2C(C)(O)CO. The van der Waals surface area contributed by atoms with E-state index in [4.69, 9.17) is 0 Å². The van der Waals surface area contributed by atoms with E-state index in [1.807, 2.05) is 0 Å². The molecular formula is C15H26O2. The molecule has 17 heavy (non-hydrogen) atoms. The maximum absolute atomic E-state index is 10.4. The molecule has 0 radical (unpaired) electrons. The van der Waals surface area contributed by atoms with Crippen molar-refractivity contribution in [3.63, 3.8) is 0 Å². The predicted octanol–water partition coefficient (Wildman–Crippen LogP) is 2.75. The summed E-state index contributed by atoms with van der Waals surface area (Å²) in [4.78, 5) is 0. The summed E-state index contributed by atoms with van der Waals surface area (Å²) in [7, 11) is 0. The van der Waals surface area contributed by atoms with E-state index < -0.39 is 5.60 Å². The zero-order valence-corrected chi connectivity index (χ0v) is 11.3. The van der Waals surface area contributed by atoms with Crippen LogP contribution < -0.4 is 0 Å². The van der Waals surface area contributed by atoms with E-state index in [0.29, 0.717) is 11.8 Å². The van der Waals surface area contributed by atoms with E-state index in [9.17, 15) is 10.2 Å². The lowest BCUT2D eigenvalue weighted by atomic mass is 9.59. The van der Waals surface area contributed by atoms with Gasteiger partial charge < -0.3 is 10.2 Å². The summed E-state index contributed by atoms with van der Waals surface area (Å²) in [5, 5.41) is 19.8. The summed E-state index contributed by atoms with van der Waals surface area (Å²) in [6, 6.07) is 0. The second-order valence-corrected chi connectivity index (χ2v) is 6.47. The third-order valence-corrected chi connectivity index (χ3v) is 5.09. The van der Waals surface area contributed by atoms with Gasteiger partial charge in [-0.1, -0.05) is 25.0 Å². The molecule has 0 aromatic heterocycles. The highest BCUT2D eigenvalue weighted by Crippen LogP contribution is 2.48. The number of allylic oxidation sites excluding steroid dienone is 2. The number of aliphatic hydroxyl groups excluding tert-OH is 1. The highest BCUT2D eigenvalue weighted by molar-refractivity contribution is 5.12. The van der Waals surface area contributed by atoms with Gasteiger partial charge in [0.2, 0.25) is 0 Å². The second kappa shape index (κ2) is 4.74. The summed E-state index contributed by atoms with van der Waals surface area (Å²) in [5.74, 6) is 2.16. The minimum absolute atomic E-state index is 0.123. The van der Waals surface area contributed by atoms with Crippen molar-refractivity contribution in [3.8, 4) is 0 Å². The van der Waals surface area contributed by atoms with Gasteiger partial charge >= 0.3 is 0 Å². The Balaban J connectivity index is 2.26. The summed E-state index contributed by atoms with van der Waals surface area (Å²) in [5.41, 5.74) is 0.538. The molecule has 0 heterocycles. The molecular weight excluding hydrogens is 212 g/mol. The van der Waals surface area contributed by atoms with Crippen LogP contribution in [0.3, 0.4) is 0 Å². The van der Waals surface area contributed by atoms with Gasteiger partial charge in [-0.05, 0) is 56.8 Å². The van der Waals surface area contributed by atoms with Crippen LogP contribution in [0.15, 0.2) is 11.6 Å². The van der Waals surface area contributed by atoms with Gasteiger partial charge in [-0.2, -0.15) is 0 Å². The lowest BCUT2D eigenvalue weighted by Crippen LogP contribution is -2.48. The highest BCUT2D eigenvalue weighted by atomic mass is 16.3. The van der Waals surface area contributed by atoms with Crippen molar-refractivity contribution in [2.24, 2.45) is 23.7 Å². The Morgan fingerprint density at radius 1 is 1.35 bits per heavy atom. The van der Waals surface area contributed by atoms with Crippen LogP contribution in [0.4, 0.5) is 0 Å². The van der Waals surface area contributed by atoms with Crippen molar-refractivity contribution >= 4 is 0 Å². The summed E-state index contributed by atoms with van der Waals surface area (Å²) >= 11 is 0. The molecule has 5 atom stereocenters. The van der Waals surface area contributed by atoms with Crippen molar-refractivity contribution in [1.82, 2.24) is 0 Å². The third-order valence-electron chi connectivity index (χ3n) is 5.09. The third kappa shape index (κ3) is 2.43. The van der Waals surface area contributed by atoms with Gasteiger partial charge in [-0.3, -0.25) is 0 Å². The Morgan fingerprint density at radius 2 is 2.06 bits per heavy atom. The first-order chi connectivity index (χ1) is 7.95. The van der Waals surface area contributed by atoms with Crippen molar-refractivity contribution in [1.29, 1.82) is 0 Å². The Morgan fingerprint density at radius 3 is 2.71 bits per heavy atom. The van der Waals surface area contributed by atoms with E-state index in [2.05, 4.69) is 19.9 Å². The number of aliphatic hydroxyl groups is 2. The number of hydrogen-bond acceptors (Lipinski definition) is 2. The molecule has 2 N–H and O–H groups in total. The van der Waals surface area contributed by atoms with Gasteiger partial charge in [0.25, 0.3) is 0 Å². The smallest absolute Gasteiger partial charge is 0.0883 e. The average molecular weight is 238 g/mol. The van der Waals surface area contributed by atoms with Gasteiger partial charge in [-0.15, -0.1) is 0 Å². The molecule has 2 aliphatic carbocycles. The fourth-order valence-corrected chi connectivity index (χ4v) is 3.89. The monoisotopic (exact) mass is 238 g/mol. The molecule has 0 spiro atoms. The van der Waals surface area contributed by atoms with Gasteiger partial charge in [0, 0.05) is 0 Å². The molecule has 0 aliphatic heterocycles. The van der Waals surface area contributed by atoms with Crippen molar-refractivity contribution in [2.75, 3.05) is 6.61 Å². The van der Waals surface area contributed by atoms with Crippen LogP contribution in [0, 0.1) is 23.7 Å². The molecule has 1 saturated carbocycles. The van der Waals surface area contributed by atoms with Gasteiger partial charge in [-0.25, -0.2) is 0 Å². The van der Waals surface area contributed by atoms with Gasteiger partial charge in [0.15, 0.2) is 0 Å². The molecule has 0 bridgehead atoms.